The van der Waals surface area contributed by atoms with E-state index in [0.717, 1.165) is 31.2 Å². The highest BCUT2D eigenvalue weighted by atomic mass is 16.4. The smallest absolute Gasteiger partial charge is 0.323 e. The second-order valence-corrected chi connectivity index (χ2v) is 6.72. The molecule has 1 aliphatic heterocycles. The van der Waals surface area contributed by atoms with Gasteiger partial charge in [-0.1, -0.05) is 20.8 Å². The highest BCUT2D eigenvalue weighted by Gasteiger charge is 2.31. The van der Waals surface area contributed by atoms with Crippen LogP contribution in [0.4, 0.5) is 0 Å². The molecule has 1 rings (SSSR count). The fourth-order valence-electron chi connectivity index (χ4n) is 3.08. The summed E-state index contributed by atoms with van der Waals surface area (Å²) in [6, 6.07) is 0. The van der Waals surface area contributed by atoms with E-state index in [9.17, 15) is 9.90 Å². The molecule has 0 aromatic carbocycles. The van der Waals surface area contributed by atoms with Crippen LogP contribution in [-0.2, 0) is 4.79 Å². The SMILES string of the molecule is CCNC(C)(CCCCN1CCC(C(C)C)C1)C(=O)O. The number of aliphatic carboxylic acids is 1. The van der Waals surface area contributed by atoms with Crippen LogP contribution in [0.25, 0.3) is 0 Å². The zero-order chi connectivity index (χ0) is 15.2. The molecule has 0 amide bonds. The minimum Gasteiger partial charge on any atom is -0.480 e. The summed E-state index contributed by atoms with van der Waals surface area (Å²) in [5.74, 6) is 0.894. The van der Waals surface area contributed by atoms with E-state index in [2.05, 4.69) is 24.1 Å². The van der Waals surface area contributed by atoms with Crippen molar-refractivity contribution in [3.05, 3.63) is 0 Å². The monoisotopic (exact) mass is 284 g/mol. The van der Waals surface area contributed by atoms with E-state index in [1.54, 1.807) is 6.92 Å². The van der Waals surface area contributed by atoms with Crippen LogP contribution in [-0.4, -0.2) is 47.7 Å². The van der Waals surface area contributed by atoms with Crippen molar-refractivity contribution in [2.45, 2.75) is 58.9 Å². The molecule has 2 N–H and O–H groups in total. The summed E-state index contributed by atoms with van der Waals surface area (Å²) in [5, 5.41) is 12.4. The van der Waals surface area contributed by atoms with Gasteiger partial charge in [-0.2, -0.15) is 0 Å². The predicted octanol–water partition coefficient (Wildman–Crippen LogP) is 2.59. The third-order valence-corrected chi connectivity index (χ3v) is 4.69. The zero-order valence-electron chi connectivity index (χ0n) is 13.6. The van der Waals surface area contributed by atoms with Crippen LogP contribution in [0.3, 0.4) is 0 Å². The molecule has 0 aliphatic carbocycles. The molecule has 0 saturated carbocycles. The summed E-state index contributed by atoms with van der Waals surface area (Å²) in [6.07, 6.45) is 4.09. The Morgan fingerprint density at radius 1 is 1.45 bits per heavy atom. The summed E-state index contributed by atoms with van der Waals surface area (Å²) in [4.78, 5) is 13.8. The molecule has 0 spiro atoms. The summed E-state index contributed by atoms with van der Waals surface area (Å²) in [5.41, 5.74) is -0.764. The lowest BCUT2D eigenvalue weighted by atomic mass is 9.94. The van der Waals surface area contributed by atoms with Gasteiger partial charge in [-0.05, 0) is 64.1 Å². The van der Waals surface area contributed by atoms with Gasteiger partial charge < -0.3 is 15.3 Å². The van der Waals surface area contributed by atoms with Crippen LogP contribution in [0, 0.1) is 11.8 Å². The van der Waals surface area contributed by atoms with Crippen LogP contribution in [0.15, 0.2) is 0 Å². The van der Waals surface area contributed by atoms with Crippen molar-refractivity contribution in [1.29, 1.82) is 0 Å². The van der Waals surface area contributed by atoms with Gasteiger partial charge in [0, 0.05) is 6.54 Å². The first kappa shape index (κ1) is 17.4. The average molecular weight is 284 g/mol. The highest BCUT2D eigenvalue weighted by molar-refractivity contribution is 5.78. The van der Waals surface area contributed by atoms with E-state index >= 15 is 0 Å². The number of carboxylic acid groups (broad SMARTS) is 1. The van der Waals surface area contributed by atoms with Gasteiger partial charge in [0.1, 0.15) is 5.54 Å². The Bertz CT molecular complexity index is 307. The number of carboxylic acids is 1. The van der Waals surface area contributed by atoms with E-state index < -0.39 is 11.5 Å². The number of nitrogens with one attached hydrogen (secondary N) is 1. The third kappa shape index (κ3) is 5.06. The van der Waals surface area contributed by atoms with Crippen LogP contribution in [0.1, 0.15) is 53.4 Å². The first-order valence-electron chi connectivity index (χ1n) is 8.10. The molecule has 1 saturated heterocycles. The molecule has 0 radical (unpaired) electrons. The van der Waals surface area contributed by atoms with Gasteiger partial charge in [0.2, 0.25) is 0 Å². The summed E-state index contributed by atoms with van der Waals surface area (Å²) in [7, 11) is 0. The Balaban J connectivity index is 2.23. The Kier molecular flexibility index (Phi) is 6.96. The molecule has 4 nitrogen and oxygen atoms in total. The maximum absolute atomic E-state index is 11.3. The van der Waals surface area contributed by atoms with Gasteiger partial charge in [0.05, 0.1) is 0 Å². The second kappa shape index (κ2) is 7.99. The number of nitrogens with zero attached hydrogens (tertiary/aromatic N) is 1. The number of likely N-dealkylation sites (tertiary alicyclic amines) is 1. The van der Waals surface area contributed by atoms with Crippen LogP contribution in [0.2, 0.25) is 0 Å². The summed E-state index contributed by atoms with van der Waals surface area (Å²) in [6.45, 7) is 12.6. The first-order chi connectivity index (χ1) is 9.39. The summed E-state index contributed by atoms with van der Waals surface area (Å²) < 4.78 is 0. The van der Waals surface area contributed by atoms with Gasteiger partial charge in [-0.15, -0.1) is 0 Å². The van der Waals surface area contributed by atoms with E-state index in [-0.39, 0.29) is 0 Å². The second-order valence-electron chi connectivity index (χ2n) is 6.72. The molecule has 0 aromatic heterocycles. The third-order valence-electron chi connectivity index (χ3n) is 4.69. The van der Waals surface area contributed by atoms with Crippen molar-refractivity contribution in [3.63, 3.8) is 0 Å². The van der Waals surface area contributed by atoms with Crippen molar-refractivity contribution in [2.24, 2.45) is 11.8 Å². The van der Waals surface area contributed by atoms with Gasteiger partial charge in [-0.25, -0.2) is 0 Å². The largest absolute Gasteiger partial charge is 0.480 e. The molecule has 1 aliphatic rings. The number of carbonyl (C=O) groups is 1. The average Bonchev–Trinajstić information content (AvgIpc) is 2.84. The Morgan fingerprint density at radius 3 is 2.65 bits per heavy atom. The quantitative estimate of drug-likeness (QED) is 0.639. The Morgan fingerprint density at radius 2 is 2.15 bits per heavy atom. The van der Waals surface area contributed by atoms with E-state index in [1.165, 1.54) is 19.5 Å². The lowest BCUT2D eigenvalue weighted by Gasteiger charge is -2.26. The maximum Gasteiger partial charge on any atom is 0.323 e. The van der Waals surface area contributed by atoms with Crippen LogP contribution in [0.5, 0.6) is 0 Å². The molecule has 2 atom stereocenters. The van der Waals surface area contributed by atoms with Gasteiger partial charge in [0.15, 0.2) is 0 Å². The number of unbranched alkanes of at least 4 members (excludes halogenated alkanes) is 1. The summed E-state index contributed by atoms with van der Waals surface area (Å²) >= 11 is 0. The molecular formula is C16H32N2O2. The molecule has 1 heterocycles. The minimum atomic E-state index is -0.764. The van der Waals surface area contributed by atoms with E-state index in [1.807, 2.05) is 6.92 Å². The number of hydrogen-bond acceptors (Lipinski definition) is 3. The Labute approximate surface area is 123 Å². The lowest BCUT2D eigenvalue weighted by molar-refractivity contribution is -0.144. The highest BCUT2D eigenvalue weighted by Crippen LogP contribution is 2.24. The van der Waals surface area contributed by atoms with Gasteiger partial charge >= 0.3 is 5.97 Å². The topological polar surface area (TPSA) is 52.6 Å². The fraction of sp³-hybridized carbons (Fsp3) is 0.938. The maximum atomic E-state index is 11.3. The molecule has 20 heavy (non-hydrogen) atoms. The molecule has 2 unspecified atom stereocenters. The van der Waals surface area contributed by atoms with Crippen molar-refractivity contribution in [3.8, 4) is 0 Å². The van der Waals surface area contributed by atoms with E-state index in [4.69, 9.17) is 0 Å². The molecule has 0 aromatic rings. The van der Waals surface area contributed by atoms with Gasteiger partial charge in [-0.3, -0.25) is 4.79 Å². The minimum absolute atomic E-state index is 0.699. The van der Waals surface area contributed by atoms with Crippen molar-refractivity contribution in [2.75, 3.05) is 26.2 Å². The van der Waals surface area contributed by atoms with Crippen LogP contribution >= 0.6 is 0 Å². The standard InChI is InChI=1S/C16H32N2O2/c1-5-17-16(4,15(19)20)9-6-7-10-18-11-8-14(12-18)13(2)3/h13-14,17H,5-12H2,1-4H3,(H,19,20). The normalized spacial score (nSPS) is 23.1. The van der Waals surface area contributed by atoms with Crippen molar-refractivity contribution < 1.29 is 9.90 Å². The number of likely N-dealkylation sites (N-methyl/N-ethyl adjacent to an activating group) is 1. The first-order valence-corrected chi connectivity index (χ1v) is 8.10. The molecule has 1 fully saturated rings. The molecule has 118 valence electrons. The van der Waals surface area contributed by atoms with Crippen LogP contribution < -0.4 is 5.32 Å². The lowest BCUT2D eigenvalue weighted by Crippen LogP contribution is -2.49. The molecule has 0 bridgehead atoms. The number of hydrogen-bond donors (Lipinski definition) is 2. The molecule has 4 heteroatoms. The number of rotatable bonds is 9. The zero-order valence-corrected chi connectivity index (χ0v) is 13.6. The van der Waals surface area contributed by atoms with Gasteiger partial charge in [0.25, 0.3) is 0 Å². The van der Waals surface area contributed by atoms with Crippen molar-refractivity contribution in [1.82, 2.24) is 10.2 Å². The van der Waals surface area contributed by atoms with Crippen molar-refractivity contribution >= 4 is 5.97 Å². The Hall–Kier alpha value is -0.610. The molecular weight excluding hydrogens is 252 g/mol. The fourth-order valence-corrected chi connectivity index (χ4v) is 3.08. The predicted molar refractivity (Wildman–Crippen MR) is 83.0 cm³/mol. The van der Waals surface area contributed by atoms with E-state index in [0.29, 0.717) is 13.0 Å².